The topological polar surface area (TPSA) is 76.6 Å². The molecular weight excluding hydrogens is 308 g/mol. The summed E-state index contributed by atoms with van der Waals surface area (Å²) in [6.07, 6.45) is 0.512. The van der Waals surface area contributed by atoms with E-state index >= 15 is 0 Å². The Morgan fingerprint density at radius 2 is 2.25 bits per heavy atom. The molecule has 3 rings (SSSR count). The number of fused-ring (bicyclic) bond motifs is 1. The minimum Gasteiger partial charge on any atom is -0.383 e. The molecule has 2 fully saturated rings. The fourth-order valence-corrected chi connectivity index (χ4v) is 3.66. The van der Waals surface area contributed by atoms with Gasteiger partial charge >= 0.3 is 0 Å². The second-order valence-electron chi connectivity index (χ2n) is 6.71. The molecule has 0 aliphatic carbocycles. The Morgan fingerprint density at radius 1 is 1.38 bits per heavy atom. The Hall–Kier alpha value is -1.73. The molecule has 132 valence electrons. The molecule has 2 saturated heterocycles. The van der Waals surface area contributed by atoms with Crippen LogP contribution in [-0.4, -0.2) is 62.7 Å². The van der Waals surface area contributed by atoms with Gasteiger partial charge in [0.15, 0.2) is 5.82 Å². The van der Waals surface area contributed by atoms with E-state index in [1.165, 1.54) is 0 Å². The van der Waals surface area contributed by atoms with E-state index in [0.29, 0.717) is 38.0 Å². The van der Waals surface area contributed by atoms with Crippen LogP contribution >= 0.6 is 0 Å². The van der Waals surface area contributed by atoms with Crippen LogP contribution in [0.3, 0.4) is 0 Å². The molecule has 24 heavy (non-hydrogen) atoms. The molecule has 2 aliphatic heterocycles. The van der Waals surface area contributed by atoms with E-state index in [1.807, 2.05) is 19.1 Å². The van der Waals surface area contributed by atoms with E-state index in [0.717, 1.165) is 31.2 Å². The largest absolute Gasteiger partial charge is 0.383 e. The van der Waals surface area contributed by atoms with Crippen molar-refractivity contribution in [1.82, 2.24) is 15.5 Å². The van der Waals surface area contributed by atoms with Crippen LogP contribution in [0.4, 0.5) is 5.82 Å². The number of nitrogens with one attached hydrogen (secondary N) is 1. The van der Waals surface area contributed by atoms with E-state index in [4.69, 9.17) is 9.47 Å². The van der Waals surface area contributed by atoms with Gasteiger partial charge in [-0.3, -0.25) is 4.79 Å². The van der Waals surface area contributed by atoms with E-state index in [9.17, 15) is 4.79 Å². The lowest BCUT2D eigenvalue weighted by Gasteiger charge is -2.32. The Morgan fingerprint density at radius 3 is 3.00 bits per heavy atom. The Kier molecular flexibility index (Phi) is 5.63. The van der Waals surface area contributed by atoms with Crippen LogP contribution in [0.2, 0.25) is 0 Å². The van der Waals surface area contributed by atoms with Crippen molar-refractivity contribution in [2.24, 2.45) is 17.8 Å². The molecule has 1 amide bonds. The van der Waals surface area contributed by atoms with Crippen LogP contribution in [0.15, 0.2) is 12.1 Å². The first-order chi connectivity index (χ1) is 11.7. The van der Waals surface area contributed by atoms with Gasteiger partial charge in [-0.2, -0.15) is 5.10 Å². The average molecular weight is 334 g/mol. The highest BCUT2D eigenvalue weighted by molar-refractivity contribution is 5.76. The number of methoxy groups -OCH3 is 1. The van der Waals surface area contributed by atoms with Gasteiger partial charge in [-0.15, -0.1) is 5.10 Å². The second kappa shape index (κ2) is 7.90. The minimum atomic E-state index is 0.0786. The van der Waals surface area contributed by atoms with E-state index in [-0.39, 0.29) is 11.8 Å². The summed E-state index contributed by atoms with van der Waals surface area (Å²) < 4.78 is 10.7. The number of carbonyl (C=O) groups excluding carboxylic acids is 1. The number of amides is 1. The quantitative estimate of drug-likeness (QED) is 0.769. The van der Waals surface area contributed by atoms with Crippen molar-refractivity contribution in [2.75, 3.05) is 51.5 Å². The first-order valence-electron chi connectivity index (χ1n) is 8.56. The lowest BCUT2D eigenvalue weighted by Crippen LogP contribution is -2.38. The van der Waals surface area contributed by atoms with Gasteiger partial charge in [-0.05, 0) is 30.9 Å². The van der Waals surface area contributed by atoms with Gasteiger partial charge in [0.2, 0.25) is 5.91 Å². The first kappa shape index (κ1) is 17.1. The van der Waals surface area contributed by atoms with Crippen molar-refractivity contribution in [3.63, 3.8) is 0 Å². The molecule has 3 atom stereocenters. The van der Waals surface area contributed by atoms with E-state index in [1.54, 1.807) is 7.11 Å². The summed E-state index contributed by atoms with van der Waals surface area (Å²) >= 11 is 0. The Bertz CT molecular complexity index is 551. The third-order valence-corrected chi connectivity index (χ3v) is 4.94. The van der Waals surface area contributed by atoms with Gasteiger partial charge in [-0.1, -0.05) is 0 Å². The summed E-state index contributed by atoms with van der Waals surface area (Å²) in [7, 11) is 1.63. The summed E-state index contributed by atoms with van der Waals surface area (Å²) in [6, 6.07) is 4.01. The Labute approximate surface area is 142 Å². The molecule has 7 nitrogen and oxygen atoms in total. The van der Waals surface area contributed by atoms with Crippen molar-refractivity contribution < 1.29 is 14.3 Å². The summed E-state index contributed by atoms with van der Waals surface area (Å²) in [4.78, 5) is 14.4. The molecule has 1 aromatic heterocycles. The zero-order valence-electron chi connectivity index (χ0n) is 14.4. The molecule has 2 aliphatic rings. The summed E-state index contributed by atoms with van der Waals surface area (Å²) in [6.45, 7) is 6.30. The molecule has 0 aromatic carbocycles. The maximum Gasteiger partial charge on any atom is 0.220 e. The standard InChI is InChI=1S/C17H26N4O3/c1-12-3-4-16(20-19-12)21-8-14-11-24-10-13(15(14)9-21)7-17(22)18-5-6-23-2/h3-4,13-15H,5-11H2,1-2H3,(H,18,22)/t13-,14+,15-/m1/s1. The van der Waals surface area contributed by atoms with Crippen molar-refractivity contribution in [3.8, 4) is 0 Å². The van der Waals surface area contributed by atoms with Gasteiger partial charge in [0.25, 0.3) is 0 Å². The number of rotatable bonds is 6. The first-order valence-corrected chi connectivity index (χ1v) is 8.56. The number of hydrogen-bond donors (Lipinski definition) is 1. The lowest BCUT2D eigenvalue weighted by molar-refractivity contribution is -0.124. The number of nitrogens with zero attached hydrogens (tertiary/aromatic N) is 3. The van der Waals surface area contributed by atoms with Crippen LogP contribution in [-0.2, 0) is 14.3 Å². The summed E-state index contributed by atoms with van der Waals surface area (Å²) in [5.74, 6) is 2.18. The number of hydrogen-bond acceptors (Lipinski definition) is 6. The van der Waals surface area contributed by atoms with Gasteiger partial charge in [0, 0.05) is 39.1 Å². The van der Waals surface area contributed by atoms with Gasteiger partial charge in [0.1, 0.15) is 0 Å². The molecule has 0 unspecified atom stereocenters. The molecule has 0 spiro atoms. The molecule has 0 bridgehead atoms. The summed E-state index contributed by atoms with van der Waals surface area (Å²) in [5.41, 5.74) is 0.921. The average Bonchev–Trinajstić information content (AvgIpc) is 3.01. The van der Waals surface area contributed by atoms with Crippen LogP contribution in [0.1, 0.15) is 12.1 Å². The molecule has 0 saturated carbocycles. The van der Waals surface area contributed by atoms with Gasteiger partial charge < -0.3 is 19.7 Å². The zero-order valence-corrected chi connectivity index (χ0v) is 14.4. The van der Waals surface area contributed by atoms with Crippen LogP contribution < -0.4 is 10.2 Å². The van der Waals surface area contributed by atoms with Crippen LogP contribution in [0.5, 0.6) is 0 Å². The van der Waals surface area contributed by atoms with Crippen LogP contribution in [0.25, 0.3) is 0 Å². The molecule has 0 radical (unpaired) electrons. The third kappa shape index (κ3) is 4.02. The van der Waals surface area contributed by atoms with Crippen molar-refractivity contribution in [3.05, 3.63) is 17.8 Å². The summed E-state index contributed by atoms with van der Waals surface area (Å²) in [5, 5.41) is 11.4. The lowest BCUT2D eigenvalue weighted by atomic mass is 9.81. The SMILES string of the molecule is COCCNC(=O)C[C@@H]1COC[C@@H]2CN(c3ccc(C)nn3)C[C@@H]21. The zero-order chi connectivity index (χ0) is 16.9. The van der Waals surface area contributed by atoms with Gasteiger partial charge in [0.05, 0.1) is 25.5 Å². The number of aryl methyl sites for hydroxylation is 1. The third-order valence-electron chi connectivity index (χ3n) is 4.94. The maximum absolute atomic E-state index is 12.1. The number of aromatic nitrogens is 2. The normalized spacial score (nSPS) is 26.2. The highest BCUT2D eigenvalue weighted by Crippen LogP contribution is 2.37. The maximum atomic E-state index is 12.1. The van der Waals surface area contributed by atoms with Crippen molar-refractivity contribution in [1.29, 1.82) is 0 Å². The molecular formula is C17H26N4O3. The Balaban J connectivity index is 1.58. The minimum absolute atomic E-state index is 0.0786. The van der Waals surface area contributed by atoms with Crippen molar-refractivity contribution in [2.45, 2.75) is 13.3 Å². The smallest absolute Gasteiger partial charge is 0.220 e. The van der Waals surface area contributed by atoms with Crippen LogP contribution in [0, 0.1) is 24.7 Å². The predicted molar refractivity (Wildman–Crippen MR) is 89.8 cm³/mol. The molecule has 1 N–H and O–H groups in total. The molecule has 1 aromatic rings. The fourth-order valence-electron chi connectivity index (χ4n) is 3.66. The highest BCUT2D eigenvalue weighted by atomic mass is 16.5. The molecule has 3 heterocycles. The predicted octanol–water partition coefficient (Wildman–Crippen LogP) is 0.637. The molecule has 7 heteroatoms. The number of ether oxygens (including phenoxy) is 2. The number of carbonyl (C=O) groups is 1. The highest BCUT2D eigenvalue weighted by Gasteiger charge is 2.42. The number of anilines is 1. The second-order valence-corrected chi connectivity index (χ2v) is 6.71. The van der Waals surface area contributed by atoms with E-state index in [2.05, 4.69) is 20.4 Å². The van der Waals surface area contributed by atoms with E-state index < -0.39 is 0 Å². The van der Waals surface area contributed by atoms with Crippen molar-refractivity contribution >= 4 is 11.7 Å². The monoisotopic (exact) mass is 334 g/mol. The van der Waals surface area contributed by atoms with Gasteiger partial charge in [-0.25, -0.2) is 0 Å². The fraction of sp³-hybridized carbons (Fsp3) is 0.706.